The van der Waals surface area contributed by atoms with Gasteiger partial charge in [-0.05, 0) is 49.4 Å². The number of amides is 1. The minimum absolute atomic E-state index is 0.0240. The van der Waals surface area contributed by atoms with Crippen LogP contribution in [-0.2, 0) is 17.5 Å². The molecule has 0 aliphatic rings. The molecule has 0 bridgehead atoms. The SMILES string of the molecule is [2H]c1sc(N)nc1C([2H])([2H])C(=O)Nc1ccc(C([2H])([2H])C([2H])([2H])CC[C@]([2H])(O)c2c([2H])c([2H])c(C)c([2H])c2[2H])cc1. The lowest BCUT2D eigenvalue weighted by Crippen LogP contribution is -2.14. The van der Waals surface area contributed by atoms with Crippen LogP contribution in [0.2, 0.25) is 0 Å². The zero-order valence-corrected chi connectivity index (χ0v) is 16.3. The average molecular weight is 422 g/mol. The molecule has 2 aromatic carbocycles. The molecule has 3 rings (SSSR count). The normalized spacial score (nSPS) is 20.5. The lowest BCUT2D eigenvalue weighted by atomic mass is 10.0. The van der Waals surface area contributed by atoms with E-state index in [-0.39, 0.29) is 27.3 Å². The van der Waals surface area contributed by atoms with Crippen molar-refractivity contribution in [1.29, 1.82) is 0 Å². The minimum Gasteiger partial charge on any atom is -0.388 e. The van der Waals surface area contributed by atoms with Crippen LogP contribution in [0.1, 0.15) is 64.1 Å². The monoisotopic (exact) mass is 421 g/mol. The second kappa shape index (κ2) is 10.2. The van der Waals surface area contributed by atoms with E-state index in [2.05, 4.69) is 10.3 Å². The van der Waals surface area contributed by atoms with E-state index >= 15 is 0 Å². The summed E-state index contributed by atoms with van der Waals surface area (Å²) in [5, 5.41) is 12.7. The number of hydrogen-bond acceptors (Lipinski definition) is 5. The van der Waals surface area contributed by atoms with E-state index in [1.54, 1.807) is 0 Å². The zero-order chi connectivity index (χ0) is 31.3. The van der Waals surface area contributed by atoms with Crippen LogP contribution in [0.15, 0.2) is 53.8 Å². The van der Waals surface area contributed by atoms with Gasteiger partial charge >= 0.3 is 0 Å². The first-order chi connectivity index (χ1) is 18.6. The Hall–Kier alpha value is -2.70. The summed E-state index contributed by atoms with van der Waals surface area (Å²) in [6.45, 7) is 1.36. The van der Waals surface area contributed by atoms with Crippen LogP contribution >= 0.6 is 11.3 Å². The second-order valence-electron chi connectivity index (χ2n) is 5.91. The van der Waals surface area contributed by atoms with Crippen molar-refractivity contribution in [1.82, 2.24) is 4.98 Å². The van der Waals surface area contributed by atoms with Gasteiger partial charge in [0.15, 0.2) is 5.13 Å². The average Bonchev–Trinajstić information content (AvgIpc) is 3.23. The van der Waals surface area contributed by atoms with Gasteiger partial charge in [0.25, 0.3) is 0 Å². The summed E-state index contributed by atoms with van der Waals surface area (Å²) in [6.07, 6.45) is -12.3. The molecule has 0 aliphatic carbocycles. The van der Waals surface area contributed by atoms with Crippen molar-refractivity contribution in [2.75, 3.05) is 11.1 Å². The summed E-state index contributed by atoms with van der Waals surface area (Å²) in [4.78, 5) is 16.3. The number of nitrogens with one attached hydrogen (secondary N) is 1. The summed E-state index contributed by atoms with van der Waals surface area (Å²) >= 11 is 0.707. The van der Waals surface area contributed by atoms with E-state index < -0.39 is 79.4 Å². The molecule has 1 aromatic heterocycles. The molecule has 3 aromatic rings. The number of nitrogen functional groups attached to an aromatic ring is 1. The predicted octanol–water partition coefficient (Wildman–Crippen LogP) is 4.66. The molecule has 5 nitrogen and oxygen atoms in total. The number of aromatic nitrogens is 1. The van der Waals surface area contributed by atoms with Gasteiger partial charge in [-0.15, -0.1) is 11.3 Å². The van der Waals surface area contributed by atoms with Crippen molar-refractivity contribution in [2.45, 2.75) is 45.0 Å². The fourth-order valence-corrected chi connectivity index (χ4v) is 2.64. The number of anilines is 2. The quantitative estimate of drug-likeness (QED) is 0.469. The Bertz CT molecular complexity index is 1450. The number of benzene rings is 2. The molecule has 1 atom stereocenters. The Morgan fingerprint density at radius 3 is 2.72 bits per heavy atom. The number of nitrogens with zero attached hydrogens (tertiary/aromatic N) is 1. The molecule has 0 radical (unpaired) electrons. The number of thiazole rings is 1. The first-order valence-corrected chi connectivity index (χ1v) is 9.42. The highest BCUT2D eigenvalue weighted by Gasteiger charge is 2.08. The Morgan fingerprint density at radius 1 is 1.34 bits per heavy atom. The van der Waals surface area contributed by atoms with E-state index in [1.807, 2.05) is 0 Å². The lowest BCUT2D eigenvalue weighted by Gasteiger charge is -2.11. The maximum absolute atomic E-state index is 12.6. The molecular formula is C23H27N3O2S. The second-order valence-corrected chi connectivity index (χ2v) is 6.73. The minimum atomic E-state index is -2.75. The van der Waals surface area contributed by atoms with E-state index in [4.69, 9.17) is 22.2 Å². The molecule has 152 valence electrons. The Labute approximate surface area is 192 Å². The van der Waals surface area contributed by atoms with Crippen LogP contribution in [0.3, 0.4) is 0 Å². The first kappa shape index (κ1) is 10.4. The molecule has 0 saturated carbocycles. The molecule has 0 spiro atoms. The predicted molar refractivity (Wildman–Crippen MR) is 119 cm³/mol. The standard InChI is InChI=1S/C23H27N3O2S/c1-16-6-10-18(11-7-16)21(27)5-3-2-4-17-8-12-19(13-9-17)25-22(28)14-20-15-29-23(24)26-20/h6-13,15,21,27H,2-5,14H2,1H3,(H2,24,26)(H,25,28)/t21-/m0/s1/i2D2,4D2,6D,7D,10D,11D,14D2,15D,21D. The number of aliphatic hydroxyl groups is 1. The highest BCUT2D eigenvalue weighted by Crippen LogP contribution is 2.21. The summed E-state index contributed by atoms with van der Waals surface area (Å²) in [5.74, 6) is -1.15. The molecule has 1 amide bonds. The van der Waals surface area contributed by atoms with E-state index in [0.29, 0.717) is 11.3 Å². The highest BCUT2D eigenvalue weighted by molar-refractivity contribution is 7.13. The molecular weight excluding hydrogens is 382 g/mol. The van der Waals surface area contributed by atoms with E-state index in [9.17, 15) is 9.90 Å². The third-order valence-corrected chi connectivity index (χ3v) is 4.20. The van der Waals surface area contributed by atoms with Gasteiger partial charge in [0, 0.05) is 19.3 Å². The van der Waals surface area contributed by atoms with Crippen molar-refractivity contribution in [3.63, 3.8) is 0 Å². The molecule has 0 unspecified atom stereocenters. The zero-order valence-electron chi connectivity index (χ0n) is 27.5. The van der Waals surface area contributed by atoms with E-state index in [0.717, 1.165) is 0 Å². The van der Waals surface area contributed by atoms with Crippen molar-refractivity contribution >= 4 is 28.1 Å². The fourth-order valence-electron chi connectivity index (χ4n) is 2.21. The van der Waals surface area contributed by atoms with Crippen molar-refractivity contribution < 1.29 is 26.4 Å². The molecule has 0 fully saturated rings. The van der Waals surface area contributed by atoms with Gasteiger partial charge in [-0.2, -0.15) is 0 Å². The highest BCUT2D eigenvalue weighted by atomic mass is 32.1. The summed E-state index contributed by atoms with van der Waals surface area (Å²) < 4.78 is 97.8. The molecule has 29 heavy (non-hydrogen) atoms. The van der Waals surface area contributed by atoms with Crippen LogP contribution in [-0.4, -0.2) is 16.0 Å². The van der Waals surface area contributed by atoms with Crippen molar-refractivity contribution in [2.24, 2.45) is 0 Å². The smallest absolute Gasteiger partial charge is 0.230 e. The lowest BCUT2D eigenvalue weighted by molar-refractivity contribution is -0.115. The molecule has 6 heteroatoms. The number of rotatable bonds is 9. The number of carbonyl (C=O) groups is 1. The molecule has 0 saturated heterocycles. The number of hydrogen-bond donors (Lipinski definition) is 3. The maximum atomic E-state index is 12.6. The van der Waals surface area contributed by atoms with Crippen LogP contribution in [0.25, 0.3) is 0 Å². The van der Waals surface area contributed by atoms with Gasteiger partial charge in [0.1, 0.15) is 0 Å². The summed E-state index contributed by atoms with van der Waals surface area (Å²) in [5.41, 5.74) is 4.32. The Morgan fingerprint density at radius 2 is 2.07 bits per heavy atom. The Balaban J connectivity index is 1.78. The fraction of sp³-hybridized carbons (Fsp3) is 0.304. The topological polar surface area (TPSA) is 88.2 Å². The van der Waals surface area contributed by atoms with Crippen LogP contribution in [0.4, 0.5) is 10.8 Å². The molecule has 0 aliphatic heterocycles. The van der Waals surface area contributed by atoms with Gasteiger partial charge < -0.3 is 16.2 Å². The van der Waals surface area contributed by atoms with Gasteiger partial charge in [-0.1, -0.05) is 48.3 Å². The molecule has 1 heterocycles. The van der Waals surface area contributed by atoms with Gasteiger partial charge in [-0.3, -0.25) is 4.79 Å². The number of aryl methyl sites for hydroxylation is 1. The van der Waals surface area contributed by atoms with Crippen molar-refractivity contribution in [3.8, 4) is 0 Å². The number of nitrogens with two attached hydrogens (primary N) is 1. The first-order valence-electron chi connectivity index (χ1n) is 14.6. The Kier molecular flexibility index (Phi) is 3.64. The summed E-state index contributed by atoms with van der Waals surface area (Å²) in [7, 11) is 0. The van der Waals surface area contributed by atoms with Crippen LogP contribution < -0.4 is 11.1 Å². The largest absolute Gasteiger partial charge is 0.388 e. The van der Waals surface area contributed by atoms with Gasteiger partial charge in [0.2, 0.25) is 5.91 Å². The maximum Gasteiger partial charge on any atom is 0.230 e. The third kappa shape index (κ3) is 6.69. The van der Waals surface area contributed by atoms with Crippen LogP contribution in [0.5, 0.6) is 0 Å². The number of carbonyl (C=O) groups excluding carboxylic acids is 1. The third-order valence-electron chi connectivity index (χ3n) is 3.61. The van der Waals surface area contributed by atoms with Gasteiger partial charge in [0.05, 0.1) is 26.4 Å². The molecule has 4 N–H and O–H groups in total. The van der Waals surface area contributed by atoms with Crippen LogP contribution in [0, 0.1) is 6.92 Å². The van der Waals surface area contributed by atoms with Crippen molar-refractivity contribution in [3.05, 3.63) is 76.2 Å². The van der Waals surface area contributed by atoms with Gasteiger partial charge in [-0.25, -0.2) is 4.98 Å². The van der Waals surface area contributed by atoms with E-state index in [1.165, 1.54) is 31.2 Å². The summed E-state index contributed by atoms with van der Waals surface area (Å²) in [6, 6.07) is 2.65.